The van der Waals surface area contributed by atoms with Crippen LogP contribution in [0, 0.1) is 6.92 Å². The zero-order chi connectivity index (χ0) is 21.4. The van der Waals surface area contributed by atoms with E-state index >= 15 is 0 Å². The Morgan fingerprint density at radius 3 is 2.52 bits per heavy atom. The van der Waals surface area contributed by atoms with Gasteiger partial charge in [-0.2, -0.15) is 0 Å². The van der Waals surface area contributed by atoms with Gasteiger partial charge in [-0.1, -0.05) is 53.5 Å². The van der Waals surface area contributed by atoms with Crippen LogP contribution in [0.3, 0.4) is 0 Å². The molecule has 2 amide bonds. The highest BCUT2D eigenvalue weighted by atomic mass is 35.5. The van der Waals surface area contributed by atoms with Crippen LogP contribution >= 0.6 is 35.0 Å². The first-order valence-electron chi connectivity index (χ1n) is 9.46. The Bertz CT molecular complexity index is 860. The van der Waals surface area contributed by atoms with Gasteiger partial charge in [0.15, 0.2) is 0 Å². The van der Waals surface area contributed by atoms with Crippen LogP contribution in [0.5, 0.6) is 0 Å². The van der Waals surface area contributed by atoms with Crippen LogP contribution in [0.25, 0.3) is 0 Å². The monoisotopic (exact) mass is 452 g/mol. The summed E-state index contributed by atoms with van der Waals surface area (Å²) in [6, 6.07) is 12.8. The maximum atomic E-state index is 13.0. The molecule has 0 heterocycles. The maximum Gasteiger partial charge on any atom is 0.242 e. The van der Waals surface area contributed by atoms with Gasteiger partial charge in [-0.25, -0.2) is 0 Å². The van der Waals surface area contributed by atoms with Crippen molar-refractivity contribution in [2.24, 2.45) is 0 Å². The van der Waals surface area contributed by atoms with Gasteiger partial charge in [0.25, 0.3) is 0 Å². The minimum Gasteiger partial charge on any atom is -0.355 e. The molecule has 0 aromatic heterocycles. The van der Waals surface area contributed by atoms with Gasteiger partial charge in [0.2, 0.25) is 11.8 Å². The van der Waals surface area contributed by atoms with Crippen molar-refractivity contribution >= 4 is 46.8 Å². The summed E-state index contributed by atoms with van der Waals surface area (Å²) in [7, 11) is 0. The fourth-order valence-electron chi connectivity index (χ4n) is 2.84. The fraction of sp³-hybridized carbons (Fsp3) is 0.364. The molecule has 0 aliphatic carbocycles. The van der Waals surface area contributed by atoms with Crippen LogP contribution < -0.4 is 5.32 Å². The average molecular weight is 453 g/mol. The molecule has 2 rings (SSSR count). The lowest BCUT2D eigenvalue weighted by Gasteiger charge is -2.28. The van der Waals surface area contributed by atoms with Gasteiger partial charge in [0.1, 0.15) is 6.04 Å². The van der Waals surface area contributed by atoms with E-state index in [4.69, 9.17) is 23.2 Å². The first-order chi connectivity index (χ1) is 13.8. The number of nitrogens with zero attached hydrogens (tertiary/aromatic N) is 1. The molecule has 0 bridgehead atoms. The van der Waals surface area contributed by atoms with E-state index in [0.29, 0.717) is 28.9 Å². The summed E-state index contributed by atoms with van der Waals surface area (Å²) in [5, 5.41) is 3.67. The molecule has 0 radical (unpaired) electrons. The maximum absolute atomic E-state index is 13.0. The molecule has 2 aromatic rings. The van der Waals surface area contributed by atoms with Gasteiger partial charge >= 0.3 is 0 Å². The standard InChI is InChI=1S/C22H26Cl2N2O2S/c1-4-25-22(28)16(3)26(12-17-9-10-19(23)20(24)11-17)21(27)14-29-13-18-8-6-5-7-15(18)2/h5-11,16H,4,12-14H2,1-3H3,(H,25,28)/t16-/m1/s1. The number of amides is 2. The number of halogens is 2. The topological polar surface area (TPSA) is 49.4 Å². The lowest BCUT2D eigenvalue weighted by Crippen LogP contribution is -2.48. The van der Waals surface area contributed by atoms with Crippen molar-refractivity contribution in [2.75, 3.05) is 12.3 Å². The number of likely N-dealkylation sites (N-methyl/N-ethyl adjacent to an activating group) is 1. The Morgan fingerprint density at radius 2 is 1.86 bits per heavy atom. The average Bonchev–Trinajstić information content (AvgIpc) is 2.69. The summed E-state index contributed by atoms with van der Waals surface area (Å²) in [6.07, 6.45) is 0. The minimum atomic E-state index is -0.587. The van der Waals surface area contributed by atoms with Crippen LogP contribution in [0.2, 0.25) is 10.0 Å². The minimum absolute atomic E-state index is 0.0894. The van der Waals surface area contributed by atoms with Crippen molar-refractivity contribution in [2.45, 2.75) is 39.1 Å². The number of nitrogens with one attached hydrogen (secondary N) is 1. The van der Waals surface area contributed by atoms with Crippen LogP contribution in [0.15, 0.2) is 42.5 Å². The lowest BCUT2D eigenvalue weighted by molar-refractivity contribution is -0.138. The number of hydrogen-bond donors (Lipinski definition) is 1. The molecule has 0 unspecified atom stereocenters. The van der Waals surface area contributed by atoms with E-state index in [0.717, 1.165) is 11.3 Å². The van der Waals surface area contributed by atoms with E-state index in [9.17, 15) is 9.59 Å². The summed E-state index contributed by atoms with van der Waals surface area (Å²) in [5.74, 6) is 0.770. The summed E-state index contributed by atoms with van der Waals surface area (Å²) in [4.78, 5) is 27.0. The van der Waals surface area contributed by atoms with Crippen molar-refractivity contribution in [3.05, 3.63) is 69.2 Å². The van der Waals surface area contributed by atoms with Gasteiger partial charge < -0.3 is 10.2 Å². The molecule has 0 saturated heterocycles. The number of thioether (sulfide) groups is 1. The van der Waals surface area contributed by atoms with E-state index < -0.39 is 6.04 Å². The Hall–Kier alpha value is -1.69. The molecule has 4 nitrogen and oxygen atoms in total. The smallest absolute Gasteiger partial charge is 0.242 e. The number of hydrogen-bond acceptors (Lipinski definition) is 3. The number of benzene rings is 2. The third-order valence-corrected chi connectivity index (χ3v) is 6.30. The van der Waals surface area contributed by atoms with Crippen LogP contribution in [0.1, 0.15) is 30.5 Å². The van der Waals surface area contributed by atoms with E-state index in [1.54, 1.807) is 35.7 Å². The highest BCUT2D eigenvalue weighted by Gasteiger charge is 2.25. The van der Waals surface area contributed by atoms with Gasteiger partial charge in [-0.3, -0.25) is 9.59 Å². The quantitative estimate of drug-likeness (QED) is 0.576. The second-order valence-corrected chi connectivity index (χ2v) is 8.56. The Morgan fingerprint density at radius 1 is 1.14 bits per heavy atom. The summed E-state index contributed by atoms with van der Waals surface area (Å²) >= 11 is 13.7. The molecule has 7 heteroatoms. The van der Waals surface area contributed by atoms with Gasteiger partial charge in [0.05, 0.1) is 15.8 Å². The molecule has 0 aliphatic rings. The van der Waals surface area contributed by atoms with Crippen molar-refractivity contribution in [3.8, 4) is 0 Å². The zero-order valence-electron chi connectivity index (χ0n) is 16.9. The number of aryl methyl sites for hydroxylation is 1. The molecule has 29 heavy (non-hydrogen) atoms. The van der Waals surface area contributed by atoms with Crippen molar-refractivity contribution in [1.82, 2.24) is 10.2 Å². The number of rotatable bonds is 9. The van der Waals surface area contributed by atoms with Crippen molar-refractivity contribution in [3.63, 3.8) is 0 Å². The molecule has 0 spiro atoms. The van der Waals surface area contributed by atoms with E-state index in [2.05, 4.69) is 24.4 Å². The van der Waals surface area contributed by atoms with Crippen LogP contribution in [-0.2, 0) is 21.9 Å². The first kappa shape index (κ1) is 23.6. The SMILES string of the molecule is CCNC(=O)[C@@H](C)N(Cc1ccc(Cl)c(Cl)c1)C(=O)CSCc1ccccc1C. The molecule has 0 aliphatic heterocycles. The predicted octanol–water partition coefficient (Wildman–Crippen LogP) is 5.09. The van der Waals surface area contributed by atoms with Gasteiger partial charge in [-0.05, 0) is 49.6 Å². The highest BCUT2D eigenvalue weighted by molar-refractivity contribution is 7.99. The molecule has 2 aromatic carbocycles. The second-order valence-electron chi connectivity index (χ2n) is 6.76. The Kier molecular flexibility index (Phi) is 9.34. The van der Waals surface area contributed by atoms with E-state index in [1.807, 2.05) is 25.1 Å². The third-order valence-electron chi connectivity index (χ3n) is 4.60. The Labute approximate surface area is 187 Å². The zero-order valence-corrected chi connectivity index (χ0v) is 19.2. The van der Waals surface area contributed by atoms with Gasteiger partial charge in [-0.15, -0.1) is 11.8 Å². The highest BCUT2D eigenvalue weighted by Crippen LogP contribution is 2.24. The molecule has 156 valence electrons. The first-order valence-corrected chi connectivity index (χ1v) is 11.4. The normalized spacial score (nSPS) is 11.8. The van der Waals surface area contributed by atoms with E-state index in [1.165, 1.54) is 11.1 Å². The molecular formula is C22H26Cl2N2O2S. The largest absolute Gasteiger partial charge is 0.355 e. The summed E-state index contributed by atoms with van der Waals surface area (Å²) < 4.78 is 0. The summed E-state index contributed by atoms with van der Waals surface area (Å²) in [5.41, 5.74) is 3.24. The molecule has 1 N–H and O–H groups in total. The summed E-state index contributed by atoms with van der Waals surface area (Å²) in [6.45, 7) is 6.46. The predicted molar refractivity (Wildman–Crippen MR) is 122 cm³/mol. The molecule has 0 fully saturated rings. The van der Waals surface area contributed by atoms with Crippen molar-refractivity contribution < 1.29 is 9.59 Å². The van der Waals surface area contributed by atoms with E-state index in [-0.39, 0.29) is 11.8 Å². The molecular weight excluding hydrogens is 427 g/mol. The fourth-order valence-corrected chi connectivity index (χ4v) is 4.15. The van der Waals surface area contributed by atoms with Crippen molar-refractivity contribution in [1.29, 1.82) is 0 Å². The molecule has 1 atom stereocenters. The van der Waals surface area contributed by atoms with Gasteiger partial charge in [0, 0.05) is 18.8 Å². The lowest BCUT2D eigenvalue weighted by atomic mass is 10.1. The number of carbonyl (C=O) groups is 2. The molecule has 0 saturated carbocycles. The second kappa shape index (κ2) is 11.5. The number of carbonyl (C=O) groups excluding carboxylic acids is 2. The van der Waals surface area contributed by atoms with Crippen LogP contribution in [0.4, 0.5) is 0 Å². The third kappa shape index (κ3) is 6.95. The van der Waals surface area contributed by atoms with Crippen LogP contribution in [-0.4, -0.2) is 35.1 Å². The Balaban J connectivity index is 2.10.